The Bertz CT molecular complexity index is 2680. The van der Waals surface area contributed by atoms with Crippen LogP contribution < -0.4 is 21.3 Å². The number of aromatic nitrogens is 1. The first-order valence-electron chi connectivity index (χ1n) is 25.8. The first-order valence-corrected chi connectivity index (χ1v) is 25.8. The minimum atomic E-state index is -1.53. The van der Waals surface area contributed by atoms with Crippen LogP contribution in [0.5, 0.6) is 5.75 Å². The Kier molecular flexibility index (Phi) is 18.2. The number of epoxide rings is 1. The predicted octanol–water partition coefficient (Wildman–Crippen LogP) is 3.41. The predicted molar refractivity (Wildman–Crippen MR) is 278 cm³/mol. The fraction of sp³-hybridized carbons (Fsp3) is 0.574. The highest BCUT2D eigenvalue weighted by atomic mass is 16.6. The lowest BCUT2D eigenvalue weighted by Crippen LogP contribution is -2.66. The number of allylic oxidation sites excluding steroid dienone is 1. The summed E-state index contributed by atoms with van der Waals surface area (Å²) in [6.45, 7) is 16.8. The molecular formula is C54H75N9O12. The lowest BCUT2D eigenvalue weighted by molar-refractivity contribution is -0.385. The van der Waals surface area contributed by atoms with Crippen LogP contribution >= 0.6 is 0 Å². The van der Waals surface area contributed by atoms with Gasteiger partial charge in [-0.25, -0.2) is 0 Å². The van der Waals surface area contributed by atoms with Crippen molar-refractivity contribution in [3.63, 3.8) is 0 Å². The summed E-state index contributed by atoms with van der Waals surface area (Å²) >= 11 is 0. The van der Waals surface area contributed by atoms with Gasteiger partial charge >= 0.3 is 5.69 Å². The number of fused-ring (bicyclic) bond motifs is 3. The van der Waals surface area contributed by atoms with E-state index >= 15 is 4.79 Å². The van der Waals surface area contributed by atoms with Gasteiger partial charge in [0.15, 0.2) is 5.75 Å². The summed E-state index contributed by atoms with van der Waals surface area (Å²) in [6.07, 6.45) is 3.36. The molecule has 6 rings (SSSR count). The molecule has 3 fully saturated rings. The van der Waals surface area contributed by atoms with Crippen molar-refractivity contribution < 1.29 is 53.4 Å². The molecule has 1 unspecified atom stereocenters. The Morgan fingerprint density at radius 3 is 2.03 bits per heavy atom. The third-order valence-corrected chi connectivity index (χ3v) is 14.7. The zero-order chi connectivity index (χ0) is 55.4. The molecule has 2 aromatic carbocycles. The van der Waals surface area contributed by atoms with Crippen LogP contribution in [0.1, 0.15) is 99.1 Å². The number of nitro groups is 1. The van der Waals surface area contributed by atoms with Gasteiger partial charge < -0.3 is 55.5 Å². The second-order valence-electron chi connectivity index (χ2n) is 21.8. The normalized spacial score (nSPS) is 27.1. The molecular weight excluding hydrogens is 967 g/mol. The molecule has 0 radical (unpaired) electrons. The van der Waals surface area contributed by atoms with Gasteiger partial charge in [0, 0.05) is 56.0 Å². The second-order valence-corrected chi connectivity index (χ2v) is 21.8. The summed E-state index contributed by atoms with van der Waals surface area (Å²) in [5, 5.41) is 45.9. The van der Waals surface area contributed by atoms with E-state index in [0.29, 0.717) is 12.2 Å². The summed E-state index contributed by atoms with van der Waals surface area (Å²) in [5.41, 5.74) is 0.535. The average molecular weight is 1040 g/mol. The molecule has 3 aliphatic heterocycles. The number of rotatable bonds is 13. The Morgan fingerprint density at radius 1 is 0.800 bits per heavy atom. The first kappa shape index (κ1) is 57.4. The summed E-state index contributed by atoms with van der Waals surface area (Å²) in [5.74, 6) is -7.06. The van der Waals surface area contributed by atoms with Crippen LogP contribution in [0.25, 0.3) is 10.9 Å². The van der Waals surface area contributed by atoms with Crippen LogP contribution in [0.3, 0.4) is 0 Å². The molecule has 6 N–H and O–H groups in total. The highest BCUT2D eigenvalue weighted by Gasteiger charge is 2.48. The molecule has 75 heavy (non-hydrogen) atoms. The third-order valence-electron chi connectivity index (χ3n) is 14.7. The van der Waals surface area contributed by atoms with E-state index in [1.54, 1.807) is 26.0 Å². The van der Waals surface area contributed by atoms with E-state index < -0.39 is 118 Å². The first-order chi connectivity index (χ1) is 35.3. The largest absolute Gasteiger partial charge is 0.502 e. The molecule has 0 saturated carbocycles. The maximum Gasteiger partial charge on any atom is 0.310 e. The number of nitro benzene ring substituents is 1. The van der Waals surface area contributed by atoms with Crippen LogP contribution in [-0.4, -0.2) is 151 Å². The number of phenolic OH excluding ortho intramolecular Hbond substituents is 1. The van der Waals surface area contributed by atoms with Crippen molar-refractivity contribution in [1.29, 1.82) is 0 Å². The molecule has 10 atom stereocenters. The Balaban J connectivity index is 1.51. The smallest absolute Gasteiger partial charge is 0.310 e. The van der Waals surface area contributed by atoms with Gasteiger partial charge in [-0.3, -0.25) is 43.7 Å². The number of aromatic hydroxyl groups is 1. The summed E-state index contributed by atoms with van der Waals surface area (Å²) in [6, 6.07) is 1.75. The summed E-state index contributed by atoms with van der Waals surface area (Å²) in [7, 11) is 2.79. The molecule has 1 aromatic heterocycles. The van der Waals surface area contributed by atoms with Gasteiger partial charge in [0.25, 0.3) is 0 Å². The van der Waals surface area contributed by atoms with Crippen molar-refractivity contribution in [3.8, 4) is 5.75 Å². The fourth-order valence-corrected chi connectivity index (χ4v) is 10.2. The minimum Gasteiger partial charge on any atom is -0.502 e. The number of nitrogens with zero attached hydrogens (tertiary/aromatic N) is 5. The number of ether oxygens (including phenoxy) is 1. The topological polar surface area (TPSA) is 278 Å². The number of aliphatic hydroxyl groups is 1. The number of benzene rings is 2. The van der Waals surface area contributed by atoms with Crippen LogP contribution in [0.15, 0.2) is 60.8 Å². The standard InChI is InChI=1S/C54H75N9O12/c1-12-13-17-36-46(65)58-38(26-34-27-61(54(8,9)45-28-75-45)39-18-15-14-16-35(34)39)52(71)59(10)41(21-29(2)3)48(67)57-37(24-33-19-20-44(64)40(25-33)63(73)74)47(66)55-32(7)51(70)60(11)43-23-31(6)50(69)62(53(43)72)42(22-30(4)5)49(68)56-36/h12-16,18-20,25,27,29-32,36-38,41-43,45,50,64,69H,17,21-24,26,28H2,1-11H3,(H,55,66)(H,56,68)(H,57,67)(H,58,65)/b13-12+/t31-,32-,36+,37-,38-,41+,42+,43+,45?,50-/m1/s1. The molecule has 0 aliphatic carbocycles. The van der Waals surface area contributed by atoms with Gasteiger partial charge in [0.1, 0.15) is 54.6 Å². The number of phenols is 1. The summed E-state index contributed by atoms with van der Waals surface area (Å²) < 4.78 is 7.84. The van der Waals surface area contributed by atoms with E-state index in [4.69, 9.17) is 4.74 Å². The molecule has 0 spiro atoms. The fourth-order valence-electron chi connectivity index (χ4n) is 10.2. The van der Waals surface area contributed by atoms with Crippen LogP contribution in [0.2, 0.25) is 0 Å². The van der Waals surface area contributed by atoms with Gasteiger partial charge in [0.05, 0.1) is 17.1 Å². The zero-order valence-electron chi connectivity index (χ0n) is 44.9. The molecule has 21 nitrogen and oxygen atoms in total. The average Bonchev–Trinajstić information content (AvgIpc) is 4.16. The molecule has 2 bridgehead atoms. The number of aliphatic hydroxyl groups excluding tert-OH is 1. The number of carbonyl (C=O) groups is 7. The number of para-hydroxylation sites is 1. The highest BCUT2D eigenvalue weighted by Crippen LogP contribution is 2.37. The molecule has 21 heteroatoms. The SMILES string of the molecule is C/C=C/C[C@@H]1NC(=O)[C@H](CC(C)C)N2C(=O)[C@H](C[C@@H](C)[C@H]2O)N(C)C(=O)[C@@H](C)NC(=O)[C@@H](Cc2ccc(O)c([N+](=O)[O-])c2)NC(=O)[C@H](CC(C)C)N(C)C(=O)[C@@H](Cc2cn(C(C)(C)C3CO3)c3ccccc23)NC1=O. The molecule has 4 heterocycles. The number of nitrogens with one attached hydrogen (secondary N) is 4. The van der Waals surface area contributed by atoms with Crippen molar-refractivity contribution in [2.45, 2.75) is 161 Å². The second kappa shape index (κ2) is 23.8. The van der Waals surface area contributed by atoms with E-state index in [1.807, 2.05) is 72.0 Å². The highest BCUT2D eigenvalue weighted by molar-refractivity contribution is 5.99. The minimum absolute atomic E-state index is 0.00916. The van der Waals surface area contributed by atoms with Crippen LogP contribution in [-0.2, 0) is 56.7 Å². The number of hydrogen-bond donors (Lipinski definition) is 6. The van der Waals surface area contributed by atoms with Crippen LogP contribution in [0, 0.1) is 27.9 Å². The van der Waals surface area contributed by atoms with Gasteiger partial charge in [-0.2, -0.15) is 0 Å². The van der Waals surface area contributed by atoms with Crippen molar-refractivity contribution in [3.05, 3.63) is 82.1 Å². The molecule has 3 saturated heterocycles. The summed E-state index contributed by atoms with van der Waals surface area (Å²) in [4.78, 5) is 118. The number of carbonyl (C=O) groups excluding carboxylic acids is 7. The van der Waals surface area contributed by atoms with E-state index in [0.717, 1.165) is 32.8 Å². The van der Waals surface area contributed by atoms with Crippen molar-refractivity contribution in [1.82, 2.24) is 40.5 Å². The van der Waals surface area contributed by atoms with E-state index in [9.17, 15) is 49.1 Å². The Morgan fingerprint density at radius 2 is 1.40 bits per heavy atom. The number of likely N-dealkylation sites (N-methyl/N-ethyl adjacent to an activating group) is 2. The molecule has 7 amide bonds. The van der Waals surface area contributed by atoms with Gasteiger partial charge in [0.2, 0.25) is 41.4 Å². The van der Waals surface area contributed by atoms with Crippen molar-refractivity contribution in [2.24, 2.45) is 17.8 Å². The molecule has 408 valence electrons. The zero-order valence-corrected chi connectivity index (χ0v) is 44.9. The Labute approximate surface area is 437 Å². The van der Waals surface area contributed by atoms with Crippen LogP contribution in [0.4, 0.5) is 5.69 Å². The Hall–Kier alpha value is -6.87. The lowest BCUT2D eigenvalue weighted by atomic mass is 9.89. The van der Waals surface area contributed by atoms with Gasteiger partial charge in [-0.15, -0.1) is 0 Å². The number of hydrogen-bond acceptors (Lipinski definition) is 12. The van der Waals surface area contributed by atoms with E-state index in [-0.39, 0.29) is 62.0 Å². The molecule has 3 aliphatic rings. The molecule has 3 aromatic rings. The number of piperidine rings is 1. The van der Waals surface area contributed by atoms with Crippen molar-refractivity contribution >= 4 is 57.9 Å². The lowest BCUT2D eigenvalue weighted by Gasteiger charge is -2.46. The quantitative estimate of drug-likeness (QED) is 0.0622. The van der Waals surface area contributed by atoms with Gasteiger partial charge in [-0.05, 0) is 88.5 Å². The van der Waals surface area contributed by atoms with E-state index in [1.165, 1.54) is 32.0 Å². The van der Waals surface area contributed by atoms with Gasteiger partial charge in [-0.1, -0.05) is 71.0 Å². The number of amides is 7. The maximum atomic E-state index is 15.4. The van der Waals surface area contributed by atoms with Crippen molar-refractivity contribution in [2.75, 3.05) is 20.7 Å². The maximum absolute atomic E-state index is 15.4. The van der Waals surface area contributed by atoms with E-state index in [2.05, 4.69) is 25.8 Å². The third kappa shape index (κ3) is 13.0. The monoisotopic (exact) mass is 1040 g/mol.